The first kappa shape index (κ1) is 12.1. The molecule has 1 heterocycles. The second-order valence-electron chi connectivity index (χ2n) is 3.54. The third kappa shape index (κ3) is 2.48. The zero-order valence-corrected chi connectivity index (χ0v) is 10.9. The molecular weight excluding hydrogens is 259 g/mol. The van der Waals surface area contributed by atoms with Crippen molar-refractivity contribution >= 4 is 34.7 Å². The van der Waals surface area contributed by atoms with Gasteiger partial charge in [0.05, 0.1) is 0 Å². The molecule has 1 aromatic carbocycles. The van der Waals surface area contributed by atoms with Crippen molar-refractivity contribution in [1.82, 2.24) is 15.2 Å². The lowest BCUT2D eigenvalue weighted by atomic mass is 10.2. The van der Waals surface area contributed by atoms with Crippen LogP contribution < -0.4 is 4.90 Å². The molecule has 0 aliphatic carbocycles. The van der Waals surface area contributed by atoms with Crippen LogP contribution in [-0.4, -0.2) is 22.2 Å². The average molecular weight is 269 g/mol. The molecule has 2 aromatic rings. The monoisotopic (exact) mass is 268 g/mol. The summed E-state index contributed by atoms with van der Waals surface area (Å²) in [4.78, 5) is 5.91. The Bertz CT molecular complexity index is 545. The van der Waals surface area contributed by atoms with Crippen molar-refractivity contribution in [2.75, 3.05) is 11.9 Å². The second-order valence-corrected chi connectivity index (χ2v) is 4.24. The van der Waals surface area contributed by atoms with E-state index < -0.39 is 0 Å². The van der Waals surface area contributed by atoms with Gasteiger partial charge in [0.15, 0.2) is 11.0 Å². The van der Waals surface area contributed by atoms with Gasteiger partial charge in [-0.15, -0.1) is 10.2 Å². The minimum absolute atomic E-state index is 0.0739. The highest BCUT2D eigenvalue weighted by atomic mass is 35.5. The van der Waals surface area contributed by atoms with E-state index in [-0.39, 0.29) is 10.4 Å². The summed E-state index contributed by atoms with van der Waals surface area (Å²) in [5, 5.41) is 7.61. The number of nitrogens with zero attached hydrogens (tertiary/aromatic N) is 4. The smallest absolute Gasteiger partial charge is 0.245 e. The largest absolute Gasteiger partial charge is 0.327 e. The molecule has 0 spiro atoms. The van der Waals surface area contributed by atoms with Crippen LogP contribution in [0.1, 0.15) is 5.56 Å². The molecule has 0 aliphatic rings. The summed E-state index contributed by atoms with van der Waals surface area (Å²) in [5.74, 6) is 0.487. The lowest BCUT2D eigenvalue weighted by Crippen LogP contribution is -2.14. The van der Waals surface area contributed by atoms with E-state index in [0.717, 1.165) is 11.3 Å². The summed E-state index contributed by atoms with van der Waals surface area (Å²) in [6.45, 7) is 2.01. The summed E-state index contributed by atoms with van der Waals surface area (Å²) >= 11 is 11.7. The molecular formula is C11H10Cl2N4. The lowest BCUT2D eigenvalue weighted by Gasteiger charge is -2.20. The van der Waals surface area contributed by atoms with Crippen LogP contribution in [0.25, 0.3) is 0 Å². The number of hydrogen-bond acceptors (Lipinski definition) is 4. The molecule has 1 aromatic heterocycles. The number of rotatable bonds is 2. The third-order valence-electron chi connectivity index (χ3n) is 2.40. The predicted molar refractivity (Wildman–Crippen MR) is 69.1 cm³/mol. The van der Waals surface area contributed by atoms with Crippen molar-refractivity contribution in [2.24, 2.45) is 0 Å². The predicted octanol–water partition coefficient (Wildman–Crippen LogP) is 3.25. The molecule has 0 fully saturated rings. The molecule has 88 valence electrons. The standard InChI is InChI=1S/C11H10Cl2N4/c1-7-5-3-4-6-8(7)17(2)10-9(12)15-16-11(13)14-10/h3-6H,1-2H3. The molecule has 6 heteroatoms. The number of benzene rings is 1. The van der Waals surface area contributed by atoms with Crippen molar-refractivity contribution in [1.29, 1.82) is 0 Å². The van der Waals surface area contributed by atoms with E-state index in [9.17, 15) is 0 Å². The minimum Gasteiger partial charge on any atom is -0.327 e. The molecule has 0 saturated heterocycles. The highest BCUT2D eigenvalue weighted by molar-refractivity contribution is 6.32. The van der Waals surface area contributed by atoms with Crippen LogP contribution in [0.5, 0.6) is 0 Å². The Morgan fingerprint density at radius 1 is 1.12 bits per heavy atom. The molecule has 0 radical (unpaired) electrons. The first-order valence-corrected chi connectivity index (χ1v) is 5.70. The Balaban J connectivity index is 2.47. The molecule has 0 bridgehead atoms. The van der Waals surface area contributed by atoms with Crippen molar-refractivity contribution in [3.63, 3.8) is 0 Å². The fourth-order valence-corrected chi connectivity index (χ4v) is 1.88. The van der Waals surface area contributed by atoms with Crippen LogP contribution >= 0.6 is 23.2 Å². The summed E-state index contributed by atoms with van der Waals surface area (Å²) in [5.41, 5.74) is 2.10. The molecule has 2 rings (SSSR count). The first-order chi connectivity index (χ1) is 8.09. The van der Waals surface area contributed by atoms with Crippen molar-refractivity contribution in [2.45, 2.75) is 6.92 Å². The van der Waals surface area contributed by atoms with E-state index >= 15 is 0 Å². The third-order valence-corrected chi connectivity index (χ3v) is 2.80. The molecule has 4 nitrogen and oxygen atoms in total. The van der Waals surface area contributed by atoms with Gasteiger partial charge in [0.25, 0.3) is 0 Å². The molecule has 0 aliphatic heterocycles. The number of hydrogen-bond donors (Lipinski definition) is 0. The van der Waals surface area contributed by atoms with Crippen LogP contribution in [-0.2, 0) is 0 Å². The number of anilines is 2. The summed E-state index contributed by atoms with van der Waals surface area (Å²) in [6, 6.07) is 7.90. The van der Waals surface area contributed by atoms with Crippen LogP contribution in [0.2, 0.25) is 10.4 Å². The van der Waals surface area contributed by atoms with Crippen LogP contribution in [0.15, 0.2) is 24.3 Å². The Morgan fingerprint density at radius 2 is 1.82 bits per heavy atom. The van der Waals surface area contributed by atoms with Gasteiger partial charge >= 0.3 is 0 Å². The van der Waals surface area contributed by atoms with E-state index in [1.54, 1.807) is 0 Å². The van der Waals surface area contributed by atoms with Crippen LogP contribution in [0.4, 0.5) is 11.5 Å². The molecule has 0 amide bonds. The second kappa shape index (κ2) is 4.85. The van der Waals surface area contributed by atoms with Crippen molar-refractivity contribution in [3.8, 4) is 0 Å². The Labute approximate surface area is 109 Å². The first-order valence-electron chi connectivity index (χ1n) is 4.94. The highest BCUT2D eigenvalue weighted by Gasteiger charge is 2.13. The van der Waals surface area contributed by atoms with Gasteiger partial charge in [0.2, 0.25) is 5.28 Å². The number of para-hydroxylation sites is 1. The van der Waals surface area contributed by atoms with Gasteiger partial charge in [-0.1, -0.05) is 29.8 Å². The summed E-state index contributed by atoms with van der Waals surface area (Å²) < 4.78 is 0. The van der Waals surface area contributed by atoms with Gasteiger partial charge in [-0.2, -0.15) is 4.98 Å². The minimum atomic E-state index is 0.0739. The Hall–Kier alpha value is -1.39. The van der Waals surface area contributed by atoms with E-state index in [4.69, 9.17) is 23.2 Å². The molecule has 0 saturated carbocycles. The molecule has 17 heavy (non-hydrogen) atoms. The van der Waals surface area contributed by atoms with Crippen LogP contribution in [0, 0.1) is 6.92 Å². The topological polar surface area (TPSA) is 41.9 Å². The van der Waals surface area contributed by atoms with Gasteiger partial charge < -0.3 is 4.90 Å². The van der Waals surface area contributed by atoms with Gasteiger partial charge in [0.1, 0.15) is 0 Å². The number of aromatic nitrogens is 3. The molecule has 0 unspecified atom stereocenters. The fraction of sp³-hybridized carbons (Fsp3) is 0.182. The van der Waals surface area contributed by atoms with Crippen molar-refractivity contribution in [3.05, 3.63) is 40.3 Å². The molecule has 0 N–H and O–H groups in total. The van der Waals surface area contributed by atoms with Gasteiger partial charge in [-0.3, -0.25) is 0 Å². The summed E-state index contributed by atoms with van der Waals surface area (Å²) in [7, 11) is 1.86. The Kier molecular flexibility index (Phi) is 3.45. The Morgan fingerprint density at radius 3 is 2.53 bits per heavy atom. The zero-order chi connectivity index (χ0) is 12.4. The normalized spacial score (nSPS) is 10.4. The van der Waals surface area contributed by atoms with Gasteiger partial charge in [0, 0.05) is 12.7 Å². The average Bonchev–Trinajstić information content (AvgIpc) is 2.32. The van der Waals surface area contributed by atoms with E-state index in [2.05, 4.69) is 15.2 Å². The van der Waals surface area contributed by atoms with Gasteiger partial charge in [-0.25, -0.2) is 0 Å². The SMILES string of the molecule is Cc1ccccc1N(C)c1nc(Cl)nnc1Cl. The maximum absolute atomic E-state index is 5.96. The van der Waals surface area contributed by atoms with Gasteiger partial charge in [-0.05, 0) is 30.2 Å². The number of halogens is 2. The van der Waals surface area contributed by atoms with Crippen LogP contribution in [0.3, 0.4) is 0 Å². The van der Waals surface area contributed by atoms with Crippen molar-refractivity contribution < 1.29 is 0 Å². The maximum atomic E-state index is 5.96. The lowest BCUT2D eigenvalue weighted by molar-refractivity contribution is 0.948. The molecule has 0 atom stereocenters. The maximum Gasteiger partial charge on any atom is 0.245 e. The zero-order valence-electron chi connectivity index (χ0n) is 9.35. The van der Waals surface area contributed by atoms with E-state index in [1.165, 1.54) is 0 Å². The van der Waals surface area contributed by atoms with E-state index in [1.807, 2.05) is 43.1 Å². The quantitative estimate of drug-likeness (QED) is 0.839. The number of aryl methyl sites for hydroxylation is 1. The summed E-state index contributed by atoms with van der Waals surface area (Å²) in [6.07, 6.45) is 0. The highest BCUT2D eigenvalue weighted by Crippen LogP contribution is 2.29. The fourth-order valence-electron chi connectivity index (χ4n) is 1.55. The van der Waals surface area contributed by atoms with E-state index in [0.29, 0.717) is 5.82 Å².